The topological polar surface area (TPSA) is 69.2 Å². The van der Waals surface area contributed by atoms with E-state index in [2.05, 4.69) is 10.5 Å². The molecule has 0 aromatic heterocycles. The Hall–Kier alpha value is -2.24. The molecule has 0 radical (unpaired) electrons. The summed E-state index contributed by atoms with van der Waals surface area (Å²) in [6.45, 7) is 1.98. The summed E-state index contributed by atoms with van der Waals surface area (Å²) in [5, 5.41) is 4.28. The molecule has 1 fully saturated rings. The Morgan fingerprint density at radius 2 is 1.62 bits per heavy atom. The van der Waals surface area contributed by atoms with Crippen LogP contribution in [0.25, 0.3) is 0 Å². The van der Waals surface area contributed by atoms with E-state index in [0.717, 1.165) is 18.6 Å². The molecule has 0 bridgehead atoms. The van der Waals surface area contributed by atoms with Crippen LogP contribution in [0.4, 0.5) is 0 Å². The second-order valence-electron chi connectivity index (χ2n) is 5.94. The number of nitrogens with one attached hydrogen (secondary N) is 1. The fraction of sp³-hybridized carbons (Fsp3) is 0.556. The van der Waals surface area contributed by atoms with Crippen LogP contribution in [0, 0.1) is 5.92 Å². The minimum Gasteiger partial charge on any atom is -0.493 e. The van der Waals surface area contributed by atoms with E-state index < -0.39 is 0 Å². The van der Waals surface area contributed by atoms with Gasteiger partial charge in [0.15, 0.2) is 11.5 Å². The molecular weight excluding hydrogens is 308 g/mol. The van der Waals surface area contributed by atoms with Crippen LogP contribution in [0.5, 0.6) is 17.2 Å². The zero-order valence-electron chi connectivity index (χ0n) is 14.8. The maximum absolute atomic E-state index is 12.4. The van der Waals surface area contributed by atoms with Gasteiger partial charge in [-0.25, -0.2) is 5.43 Å². The third-order valence-electron chi connectivity index (χ3n) is 4.46. The lowest BCUT2D eigenvalue weighted by Gasteiger charge is -2.21. The largest absolute Gasteiger partial charge is 0.493 e. The number of benzene rings is 1. The first-order chi connectivity index (χ1) is 11.6. The van der Waals surface area contributed by atoms with Crippen molar-refractivity contribution in [1.29, 1.82) is 0 Å². The van der Waals surface area contributed by atoms with Crippen LogP contribution in [0.3, 0.4) is 0 Å². The summed E-state index contributed by atoms with van der Waals surface area (Å²) < 4.78 is 15.8. The van der Waals surface area contributed by atoms with E-state index in [0.29, 0.717) is 28.7 Å². The van der Waals surface area contributed by atoms with E-state index in [1.165, 1.54) is 40.6 Å². The maximum atomic E-state index is 12.4. The summed E-state index contributed by atoms with van der Waals surface area (Å²) in [6.07, 6.45) is 6.06. The van der Waals surface area contributed by atoms with Gasteiger partial charge in [0.1, 0.15) is 0 Å². The Morgan fingerprint density at radius 1 is 1.04 bits per heavy atom. The highest BCUT2D eigenvalue weighted by Gasteiger charge is 2.18. The van der Waals surface area contributed by atoms with Gasteiger partial charge in [0, 0.05) is 11.3 Å². The Kier molecular flexibility index (Phi) is 6.46. The number of nitrogens with zero attached hydrogens (tertiary/aromatic N) is 1. The number of carbonyl (C=O) groups excluding carboxylic acids is 1. The number of amides is 1. The Labute approximate surface area is 143 Å². The van der Waals surface area contributed by atoms with Crippen molar-refractivity contribution in [2.75, 3.05) is 21.3 Å². The van der Waals surface area contributed by atoms with Crippen molar-refractivity contribution in [2.45, 2.75) is 39.0 Å². The molecule has 0 saturated heterocycles. The van der Waals surface area contributed by atoms with Crippen LogP contribution in [0.2, 0.25) is 0 Å². The second-order valence-corrected chi connectivity index (χ2v) is 5.94. The smallest absolute Gasteiger partial charge is 0.271 e. The highest BCUT2D eigenvalue weighted by molar-refractivity contribution is 5.96. The molecule has 0 heterocycles. The van der Waals surface area contributed by atoms with E-state index in [1.54, 1.807) is 12.1 Å². The molecule has 1 saturated carbocycles. The number of methoxy groups -OCH3 is 3. The molecule has 0 aliphatic heterocycles. The molecule has 0 unspecified atom stereocenters. The quantitative estimate of drug-likeness (QED) is 0.639. The van der Waals surface area contributed by atoms with Crippen molar-refractivity contribution < 1.29 is 19.0 Å². The SMILES string of the molecule is COc1cc(C(=O)NN=C(C)C2CCCCC2)cc(OC)c1OC. The van der Waals surface area contributed by atoms with Crippen molar-refractivity contribution in [3.8, 4) is 17.2 Å². The van der Waals surface area contributed by atoms with Crippen molar-refractivity contribution in [3.05, 3.63) is 17.7 Å². The highest BCUT2D eigenvalue weighted by Crippen LogP contribution is 2.38. The third-order valence-corrected chi connectivity index (χ3v) is 4.46. The molecule has 132 valence electrons. The summed E-state index contributed by atoms with van der Waals surface area (Å²) >= 11 is 0. The molecule has 1 N–H and O–H groups in total. The number of hydrazone groups is 1. The average molecular weight is 334 g/mol. The number of hydrogen-bond donors (Lipinski definition) is 1. The van der Waals surface area contributed by atoms with Crippen molar-refractivity contribution >= 4 is 11.6 Å². The van der Waals surface area contributed by atoms with Crippen molar-refractivity contribution in [3.63, 3.8) is 0 Å². The summed E-state index contributed by atoms with van der Waals surface area (Å²) in [7, 11) is 4.56. The molecule has 0 atom stereocenters. The van der Waals surface area contributed by atoms with E-state index in [9.17, 15) is 4.79 Å². The van der Waals surface area contributed by atoms with E-state index in [-0.39, 0.29) is 5.91 Å². The molecule has 2 rings (SSSR count). The Balaban J connectivity index is 2.14. The Morgan fingerprint density at radius 3 is 2.12 bits per heavy atom. The van der Waals surface area contributed by atoms with Gasteiger partial charge in [-0.15, -0.1) is 0 Å². The number of ether oxygens (including phenoxy) is 3. The molecule has 1 aliphatic rings. The normalized spacial score (nSPS) is 15.8. The van der Waals surface area contributed by atoms with Gasteiger partial charge in [-0.2, -0.15) is 5.10 Å². The van der Waals surface area contributed by atoms with Gasteiger partial charge in [-0.05, 0) is 37.8 Å². The lowest BCUT2D eigenvalue weighted by molar-refractivity contribution is 0.0953. The van der Waals surface area contributed by atoms with Crippen LogP contribution in [-0.4, -0.2) is 32.9 Å². The maximum Gasteiger partial charge on any atom is 0.271 e. The molecule has 0 spiro atoms. The first kappa shape index (κ1) is 18.1. The molecule has 1 aromatic carbocycles. The molecular formula is C18H26N2O4. The zero-order valence-corrected chi connectivity index (χ0v) is 14.8. The monoisotopic (exact) mass is 334 g/mol. The van der Waals surface area contributed by atoms with Gasteiger partial charge in [0.25, 0.3) is 5.91 Å². The molecule has 1 amide bonds. The average Bonchev–Trinajstić information content (AvgIpc) is 2.65. The number of rotatable bonds is 6. The van der Waals surface area contributed by atoms with E-state index in [1.807, 2.05) is 6.92 Å². The van der Waals surface area contributed by atoms with Gasteiger partial charge in [-0.1, -0.05) is 19.3 Å². The van der Waals surface area contributed by atoms with Gasteiger partial charge >= 0.3 is 0 Å². The predicted octanol–water partition coefficient (Wildman–Crippen LogP) is 3.40. The number of carbonyl (C=O) groups is 1. The summed E-state index contributed by atoms with van der Waals surface area (Å²) in [5.41, 5.74) is 4.02. The van der Waals surface area contributed by atoms with Crippen molar-refractivity contribution in [2.24, 2.45) is 11.0 Å². The number of hydrogen-bond acceptors (Lipinski definition) is 5. The van der Waals surface area contributed by atoms with Crippen molar-refractivity contribution in [1.82, 2.24) is 5.43 Å². The van der Waals surface area contributed by atoms with Crippen LogP contribution >= 0.6 is 0 Å². The standard InChI is InChI=1S/C18H26N2O4/c1-12(13-8-6-5-7-9-13)19-20-18(21)14-10-15(22-2)17(24-4)16(11-14)23-3/h10-11,13H,5-9H2,1-4H3,(H,20,21). The molecule has 6 nitrogen and oxygen atoms in total. The summed E-state index contributed by atoms with van der Waals surface area (Å²) in [5.74, 6) is 1.51. The third kappa shape index (κ3) is 4.19. The molecule has 6 heteroatoms. The first-order valence-corrected chi connectivity index (χ1v) is 8.25. The highest BCUT2D eigenvalue weighted by atomic mass is 16.5. The van der Waals surface area contributed by atoms with Crippen LogP contribution in [0.1, 0.15) is 49.4 Å². The van der Waals surface area contributed by atoms with Crippen LogP contribution in [-0.2, 0) is 0 Å². The Bertz CT molecular complexity index is 582. The van der Waals surface area contributed by atoms with Crippen LogP contribution < -0.4 is 19.6 Å². The minimum absolute atomic E-state index is 0.301. The van der Waals surface area contributed by atoms with E-state index in [4.69, 9.17) is 14.2 Å². The molecule has 1 aromatic rings. The van der Waals surface area contributed by atoms with Gasteiger partial charge in [-0.3, -0.25) is 4.79 Å². The lowest BCUT2D eigenvalue weighted by Crippen LogP contribution is -2.23. The molecule has 1 aliphatic carbocycles. The van der Waals surface area contributed by atoms with E-state index >= 15 is 0 Å². The second kappa shape index (κ2) is 8.57. The predicted molar refractivity (Wildman–Crippen MR) is 93.2 cm³/mol. The summed E-state index contributed by atoms with van der Waals surface area (Å²) in [4.78, 5) is 12.4. The fourth-order valence-corrected chi connectivity index (χ4v) is 3.03. The molecule has 24 heavy (non-hydrogen) atoms. The van der Waals surface area contributed by atoms with Crippen LogP contribution in [0.15, 0.2) is 17.2 Å². The van der Waals surface area contributed by atoms with Gasteiger partial charge < -0.3 is 14.2 Å². The van der Waals surface area contributed by atoms with Gasteiger partial charge in [0.2, 0.25) is 5.75 Å². The summed E-state index contributed by atoms with van der Waals surface area (Å²) in [6, 6.07) is 3.23. The minimum atomic E-state index is -0.301. The first-order valence-electron chi connectivity index (χ1n) is 8.25. The zero-order chi connectivity index (χ0) is 17.5. The lowest BCUT2D eigenvalue weighted by atomic mass is 9.86. The fourth-order valence-electron chi connectivity index (χ4n) is 3.03. The van der Waals surface area contributed by atoms with Gasteiger partial charge in [0.05, 0.1) is 21.3 Å².